The average Bonchev–Trinajstić information content (AvgIpc) is 2.33. The summed E-state index contributed by atoms with van der Waals surface area (Å²) in [6.45, 7) is 3.78. The summed E-state index contributed by atoms with van der Waals surface area (Å²) in [6, 6.07) is 3.70. The van der Waals surface area contributed by atoms with E-state index in [0.717, 1.165) is 17.7 Å². The number of hydrogen-bond acceptors (Lipinski definition) is 3. The fraction of sp³-hybridized carbons (Fsp3) is 0.250. The minimum absolute atomic E-state index is 0.0781. The van der Waals surface area contributed by atoms with Crippen molar-refractivity contribution in [3.63, 3.8) is 0 Å². The molecular formula is C12H13N3O. The lowest BCUT2D eigenvalue weighted by molar-refractivity contribution is 0.954. The molecule has 0 amide bonds. The smallest absolute Gasteiger partial charge is 0.254 e. The Balaban J connectivity index is 2.60. The molecule has 0 fully saturated rings. The highest BCUT2D eigenvalue weighted by atomic mass is 16.1. The largest absolute Gasteiger partial charge is 0.306 e. The molecule has 2 aromatic rings. The van der Waals surface area contributed by atoms with Gasteiger partial charge in [-0.3, -0.25) is 9.78 Å². The molecule has 0 atom stereocenters. The molecule has 4 heteroatoms. The summed E-state index contributed by atoms with van der Waals surface area (Å²) in [4.78, 5) is 22.9. The SMILES string of the molecule is CCc1nc(-c2cccnc2)[nH]c(=O)c1C. The molecule has 4 nitrogen and oxygen atoms in total. The summed E-state index contributed by atoms with van der Waals surface area (Å²) >= 11 is 0. The van der Waals surface area contributed by atoms with Crippen molar-refractivity contribution in [1.29, 1.82) is 0 Å². The average molecular weight is 215 g/mol. The monoisotopic (exact) mass is 215 g/mol. The van der Waals surface area contributed by atoms with E-state index in [1.54, 1.807) is 19.3 Å². The van der Waals surface area contributed by atoms with Crippen LogP contribution < -0.4 is 5.56 Å². The van der Waals surface area contributed by atoms with Gasteiger partial charge in [0.15, 0.2) is 0 Å². The number of nitrogens with one attached hydrogen (secondary N) is 1. The molecule has 2 aromatic heterocycles. The number of aryl methyl sites for hydroxylation is 1. The summed E-state index contributed by atoms with van der Waals surface area (Å²) < 4.78 is 0. The quantitative estimate of drug-likeness (QED) is 0.829. The zero-order valence-corrected chi connectivity index (χ0v) is 9.32. The van der Waals surface area contributed by atoms with Gasteiger partial charge in [0.25, 0.3) is 5.56 Å². The highest BCUT2D eigenvalue weighted by Crippen LogP contribution is 2.12. The first-order valence-electron chi connectivity index (χ1n) is 5.22. The fourth-order valence-corrected chi connectivity index (χ4v) is 1.56. The molecule has 0 aromatic carbocycles. The Hall–Kier alpha value is -1.97. The van der Waals surface area contributed by atoms with Crippen molar-refractivity contribution < 1.29 is 0 Å². The first-order chi connectivity index (χ1) is 7.72. The first kappa shape index (κ1) is 10.5. The number of pyridine rings is 1. The molecule has 0 saturated carbocycles. The molecule has 0 unspecified atom stereocenters. The normalized spacial score (nSPS) is 10.4. The van der Waals surface area contributed by atoms with Crippen LogP contribution in [0.15, 0.2) is 29.3 Å². The highest BCUT2D eigenvalue weighted by molar-refractivity contribution is 5.53. The summed E-state index contributed by atoms with van der Waals surface area (Å²) in [7, 11) is 0. The van der Waals surface area contributed by atoms with Gasteiger partial charge in [-0.2, -0.15) is 0 Å². The van der Waals surface area contributed by atoms with Crippen molar-refractivity contribution in [2.75, 3.05) is 0 Å². The number of aromatic amines is 1. The van der Waals surface area contributed by atoms with Crippen LogP contribution >= 0.6 is 0 Å². The predicted octanol–water partition coefficient (Wildman–Crippen LogP) is 1.70. The minimum atomic E-state index is -0.0781. The summed E-state index contributed by atoms with van der Waals surface area (Å²) in [6.07, 6.45) is 4.13. The highest BCUT2D eigenvalue weighted by Gasteiger charge is 2.07. The van der Waals surface area contributed by atoms with E-state index < -0.39 is 0 Å². The van der Waals surface area contributed by atoms with Crippen molar-refractivity contribution in [2.24, 2.45) is 0 Å². The maximum absolute atomic E-state index is 11.7. The van der Waals surface area contributed by atoms with E-state index in [0.29, 0.717) is 11.4 Å². The molecule has 82 valence electrons. The predicted molar refractivity (Wildman–Crippen MR) is 62.2 cm³/mol. The second-order valence-corrected chi connectivity index (χ2v) is 3.58. The van der Waals surface area contributed by atoms with Gasteiger partial charge in [0.1, 0.15) is 5.82 Å². The van der Waals surface area contributed by atoms with Crippen LogP contribution in [-0.2, 0) is 6.42 Å². The number of H-pyrrole nitrogens is 1. The molecular weight excluding hydrogens is 202 g/mol. The molecule has 2 rings (SSSR count). The third-order valence-electron chi connectivity index (χ3n) is 2.52. The van der Waals surface area contributed by atoms with Crippen LogP contribution in [0.3, 0.4) is 0 Å². The minimum Gasteiger partial charge on any atom is -0.306 e. The van der Waals surface area contributed by atoms with Gasteiger partial charge >= 0.3 is 0 Å². The Morgan fingerprint density at radius 1 is 1.44 bits per heavy atom. The Bertz CT molecular complexity index is 546. The van der Waals surface area contributed by atoms with E-state index >= 15 is 0 Å². The Labute approximate surface area is 93.4 Å². The van der Waals surface area contributed by atoms with Gasteiger partial charge in [0, 0.05) is 23.5 Å². The van der Waals surface area contributed by atoms with Crippen molar-refractivity contribution in [3.05, 3.63) is 46.1 Å². The number of aromatic nitrogens is 3. The maximum Gasteiger partial charge on any atom is 0.254 e. The lowest BCUT2D eigenvalue weighted by Crippen LogP contribution is -2.15. The van der Waals surface area contributed by atoms with Gasteiger partial charge in [0.05, 0.1) is 5.69 Å². The van der Waals surface area contributed by atoms with Gasteiger partial charge in [-0.1, -0.05) is 6.92 Å². The Kier molecular flexibility index (Phi) is 2.81. The second-order valence-electron chi connectivity index (χ2n) is 3.58. The Morgan fingerprint density at radius 3 is 2.88 bits per heavy atom. The zero-order chi connectivity index (χ0) is 11.5. The summed E-state index contributed by atoms with van der Waals surface area (Å²) in [5, 5.41) is 0. The van der Waals surface area contributed by atoms with E-state index in [4.69, 9.17) is 0 Å². The molecule has 16 heavy (non-hydrogen) atoms. The molecule has 0 bridgehead atoms. The third-order valence-corrected chi connectivity index (χ3v) is 2.52. The number of rotatable bonds is 2. The van der Waals surface area contributed by atoms with Crippen LogP contribution in [0.1, 0.15) is 18.2 Å². The van der Waals surface area contributed by atoms with Crippen LogP contribution in [0.25, 0.3) is 11.4 Å². The summed E-state index contributed by atoms with van der Waals surface area (Å²) in [5.74, 6) is 0.584. The van der Waals surface area contributed by atoms with Crippen molar-refractivity contribution in [3.8, 4) is 11.4 Å². The summed E-state index contributed by atoms with van der Waals surface area (Å²) in [5.41, 5.74) is 2.28. The van der Waals surface area contributed by atoms with E-state index in [2.05, 4.69) is 15.0 Å². The van der Waals surface area contributed by atoms with Crippen molar-refractivity contribution in [1.82, 2.24) is 15.0 Å². The fourth-order valence-electron chi connectivity index (χ4n) is 1.56. The lowest BCUT2D eigenvalue weighted by atomic mass is 10.2. The van der Waals surface area contributed by atoms with E-state index in [-0.39, 0.29) is 5.56 Å². The van der Waals surface area contributed by atoms with Gasteiger partial charge in [-0.25, -0.2) is 4.98 Å². The van der Waals surface area contributed by atoms with Crippen LogP contribution in [0.2, 0.25) is 0 Å². The molecule has 0 saturated heterocycles. The maximum atomic E-state index is 11.7. The Morgan fingerprint density at radius 2 is 2.25 bits per heavy atom. The van der Waals surface area contributed by atoms with E-state index in [9.17, 15) is 4.79 Å². The van der Waals surface area contributed by atoms with Crippen LogP contribution in [0, 0.1) is 6.92 Å². The molecule has 1 N–H and O–H groups in total. The zero-order valence-electron chi connectivity index (χ0n) is 9.32. The lowest BCUT2D eigenvalue weighted by Gasteiger charge is -2.05. The van der Waals surface area contributed by atoms with E-state index in [1.165, 1.54) is 0 Å². The van der Waals surface area contributed by atoms with Gasteiger partial charge < -0.3 is 4.98 Å². The van der Waals surface area contributed by atoms with Crippen molar-refractivity contribution >= 4 is 0 Å². The third kappa shape index (κ3) is 1.86. The molecule has 0 spiro atoms. The number of nitrogens with zero attached hydrogens (tertiary/aromatic N) is 2. The van der Waals surface area contributed by atoms with Crippen molar-refractivity contribution in [2.45, 2.75) is 20.3 Å². The number of hydrogen-bond donors (Lipinski definition) is 1. The van der Waals surface area contributed by atoms with Crippen LogP contribution in [-0.4, -0.2) is 15.0 Å². The molecule has 0 radical (unpaired) electrons. The van der Waals surface area contributed by atoms with Gasteiger partial charge in [0.2, 0.25) is 0 Å². The molecule has 0 aliphatic heterocycles. The van der Waals surface area contributed by atoms with Crippen LogP contribution in [0.4, 0.5) is 0 Å². The first-order valence-corrected chi connectivity index (χ1v) is 5.22. The molecule has 2 heterocycles. The topological polar surface area (TPSA) is 58.6 Å². The second kappa shape index (κ2) is 4.26. The van der Waals surface area contributed by atoms with Crippen LogP contribution in [0.5, 0.6) is 0 Å². The standard InChI is InChI=1S/C12H13N3O/c1-3-10-8(2)12(16)15-11(14-10)9-5-4-6-13-7-9/h4-7H,3H2,1-2H3,(H,14,15,16). The van der Waals surface area contributed by atoms with Gasteiger partial charge in [-0.15, -0.1) is 0 Å². The molecule has 0 aliphatic rings. The molecule has 0 aliphatic carbocycles. The van der Waals surface area contributed by atoms with Gasteiger partial charge in [-0.05, 0) is 25.5 Å². The van der Waals surface area contributed by atoms with E-state index in [1.807, 2.05) is 19.1 Å².